The Morgan fingerprint density at radius 1 is 1.23 bits per heavy atom. The van der Waals surface area contributed by atoms with Crippen LogP contribution in [0.3, 0.4) is 0 Å². The van der Waals surface area contributed by atoms with Crippen molar-refractivity contribution in [3.8, 4) is 5.75 Å². The normalized spacial score (nSPS) is 11.5. The lowest BCUT2D eigenvalue weighted by Gasteiger charge is -2.16. The summed E-state index contributed by atoms with van der Waals surface area (Å²) in [5.74, 6) is -5.85. The van der Waals surface area contributed by atoms with Gasteiger partial charge in [0.15, 0.2) is 5.75 Å². The lowest BCUT2D eigenvalue weighted by atomic mass is 10.2. The van der Waals surface area contributed by atoms with Gasteiger partial charge in [0, 0.05) is 6.07 Å². The topological polar surface area (TPSA) is 117 Å². The van der Waals surface area contributed by atoms with E-state index < -0.39 is 51.9 Å². The van der Waals surface area contributed by atoms with Crippen molar-refractivity contribution in [1.29, 1.82) is 0 Å². The molecule has 0 aliphatic rings. The third kappa shape index (κ3) is 5.32. The van der Waals surface area contributed by atoms with Crippen LogP contribution in [-0.2, 0) is 19.1 Å². The molecule has 0 spiro atoms. The summed E-state index contributed by atoms with van der Waals surface area (Å²) in [6.07, 6.45) is -4.88. The molecule has 1 aromatic carbocycles. The average Bonchev–Trinajstić information content (AvgIpc) is 2.54. The Morgan fingerprint density at radius 3 is 2.31 bits per heavy atom. The van der Waals surface area contributed by atoms with Crippen LogP contribution in [-0.4, -0.2) is 37.4 Å². The number of carbonyl (C=O) groups is 2. The average molecular weight is 382 g/mol. The highest BCUT2D eigenvalue weighted by Crippen LogP contribution is 2.38. The number of esters is 2. The van der Waals surface area contributed by atoms with E-state index in [2.05, 4.69) is 14.2 Å². The summed E-state index contributed by atoms with van der Waals surface area (Å²) >= 11 is 0. The van der Waals surface area contributed by atoms with Gasteiger partial charge in [0.05, 0.1) is 30.9 Å². The number of anilines is 1. The van der Waals surface area contributed by atoms with Crippen LogP contribution in [0.5, 0.6) is 5.75 Å². The van der Waals surface area contributed by atoms with Gasteiger partial charge in [-0.2, -0.15) is 4.39 Å². The number of nitrogens with one attached hydrogen (secondary N) is 1. The third-order valence-corrected chi connectivity index (χ3v) is 2.63. The summed E-state index contributed by atoms with van der Waals surface area (Å²) in [5.41, 5.74) is -2.86. The molecule has 1 rings (SSSR count). The first-order valence-corrected chi connectivity index (χ1v) is 6.37. The number of nitrogens with zero attached hydrogens (tertiary/aromatic N) is 1. The zero-order valence-electron chi connectivity index (χ0n) is 13.0. The molecule has 0 aromatic heterocycles. The van der Waals surface area contributed by atoms with E-state index in [0.717, 1.165) is 14.2 Å². The molecule has 0 atom stereocenters. The highest BCUT2D eigenvalue weighted by atomic mass is 19.4. The zero-order valence-corrected chi connectivity index (χ0v) is 13.0. The minimum atomic E-state index is -5.40. The van der Waals surface area contributed by atoms with Crippen LogP contribution < -0.4 is 10.1 Å². The molecule has 0 unspecified atom stereocenters. The number of alkyl halides is 3. The molecule has 0 heterocycles. The van der Waals surface area contributed by atoms with Crippen molar-refractivity contribution in [2.75, 3.05) is 19.5 Å². The summed E-state index contributed by atoms with van der Waals surface area (Å²) in [6.45, 7) is 0. The Hall–Kier alpha value is -3.38. The lowest BCUT2D eigenvalue weighted by Crippen LogP contribution is -2.21. The van der Waals surface area contributed by atoms with E-state index >= 15 is 0 Å². The molecule has 0 saturated carbocycles. The number of hydrogen-bond acceptors (Lipinski definition) is 8. The smallest absolute Gasteiger partial charge is 0.466 e. The maximum atomic E-state index is 14.0. The van der Waals surface area contributed by atoms with Crippen molar-refractivity contribution in [3.63, 3.8) is 0 Å². The highest BCUT2D eigenvalue weighted by Gasteiger charge is 2.36. The van der Waals surface area contributed by atoms with Gasteiger partial charge in [0.25, 0.3) is 0 Å². The van der Waals surface area contributed by atoms with E-state index in [1.54, 1.807) is 0 Å². The lowest BCUT2D eigenvalue weighted by molar-refractivity contribution is -0.387. The molecule has 1 N–H and O–H groups in total. The van der Waals surface area contributed by atoms with Crippen LogP contribution in [0.1, 0.15) is 0 Å². The van der Waals surface area contributed by atoms with E-state index in [4.69, 9.17) is 0 Å². The second kappa shape index (κ2) is 8.13. The molecular weight excluding hydrogens is 372 g/mol. The van der Waals surface area contributed by atoms with Gasteiger partial charge in [-0.25, -0.2) is 9.59 Å². The number of rotatable bonds is 6. The van der Waals surface area contributed by atoms with Crippen molar-refractivity contribution in [2.45, 2.75) is 6.36 Å². The van der Waals surface area contributed by atoms with Crippen molar-refractivity contribution in [3.05, 3.63) is 39.8 Å². The van der Waals surface area contributed by atoms with E-state index in [1.165, 1.54) is 0 Å². The van der Waals surface area contributed by atoms with E-state index in [0.29, 0.717) is 18.2 Å². The number of carbonyl (C=O) groups excluding carboxylic acids is 2. The zero-order chi connectivity index (χ0) is 20.1. The summed E-state index contributed by atoms with van der Waals surface area (Å²) in [4.78, 5) is 32.2. The standard InChI is InChI=1S/C13H10F4N2O7/c1-24-9(20)5-7(12(21)25-2)18-6-3-4-8(19(22)23)10(14)11(6)26-13(15,16)17/h3-5,18H,1-2H3/b7-5+. The van der Waals surface area contributed by atoms with Gasteiger partial charge in [-0.05, 0) is 6.07 Å². The van der Waals surface area contributed by atoms with Gasteiger partial charge in [-0.15, -0.1) is 13.2 Å². The monoisotopic (exact) mass is 382 g/mol. The molecular formula is C13H10F4N2O7. The first-order valence-electron chi connectivity index (χ1n) is 6.37. The molecule has 0 aliphatic carbocycles. The maximum absolute atomic E-state index is 14.0. The van der Waals surface area contributed by atoms with E-state index in [1.807, 2.05) is 5.32 Å². The number of halogens is 4. The Morgan fingerprint density at radius 2 is 1.85 bits per heavy atom. The Bertz CT molecular complexity index is 762. The fourth-order valence-electron chi connectivity index (χ4n) is 1.58. The van der Waals surface area contributed by atoms with E-state index in [9.17, 15) is 37.3 Å². The maximum Gasteiger partial charge on any atom is 0.573 e. The minimum Gasteiger partial charge on any atom is -0.466 e. The van der Waals surface area contributed by atoms with Gasteiger partial charge < -0.3 is 19.5 Å². The molecule has 1 aromatic rings. The predicted octanol–water partition coefficient (Wildman–Crippen LogP) is 2.27. The molecule has 9 nitrogen and oxygen atoms in total. The number of ether oxygens (including phenoxy) is 3. The first-order chi connectivity index (χ1) is 12.0. The molecule has 0 amide bonds. The Kier molecular flexibility index (Phi) is 6.46. The first kappa shape index (κ1) is 20.7. The van der Waals surface area contributed by atoms with Gasteiger partial charge in [0.1, 0.15) is 5.70 Å². The summed E-state index contributed by atoms with van der Waals surface area (Å²) in [7, 11) is 1.86. The van der Waals surface area contributed by atoms with Crippen LogP contribution in [0.25, 0.3) is 0 Å². The van der Waals surface area contributed by atoms with Crippen LogP contribution in [0.4, 0.5) is 28.9 Å². The second-order valence-electron chi connectivity index (χ2n) is 4.28. The molecule has 13 heteroatoms. The molecule has 0 radical (unpaired) electrons. The molecule has 0 aliphatic heterocycles. The largest absolute Gasteiger partial charge is 0.573 e. The van der Waals surface area contributed by atoms with Crippen LogP contribution in [0, 0.1) is 15.9 Å². The predicted molar refractivity (Wildman–Crippen MR) is 75.5 cm³/mol. The van der Waals surface area contributed by atoms with Gasteiger partial charge in [0.2, 0.25) is 5.82 Å². The molecule has 142 valence electrons. The van der Waals surface area contributed by atoms with E-state index in [-0.39, 0.29) is 0 Å². The molecule has 0 saturated heterocycles. The quantitative estimate of drug-likeness (QED) is 0.262. The van der Waals surface area contributed by atoms with Crippen LogP contribution in [0.2, 0.25) is 0 Å². The van der Waals surface area contributed by atoms with Crippen molar-refractivity contribution < 1.29 is 46.3 Å². The fraction of sp³-hybridized carbons (Fsp3) is 0.231. The van der Waals surface area contributed by atoms with Crippen LogP contribution in [0.15, 0.2) is 23.9 Å². The number of nitro groups is 1. The Labute approximate surface area is 142 Å². The summed E-state index contributed by atoms with van der Waals surface area (Å²) in [6, 6.07) is 1.18. The van der Waals surface area contributed by atoms with Crippen molar-refractivity contribution in [2.24, 2.45) is 0 Å². The fourth-order valence-corrected chi connectivity index (χ4v) is 1.58. The SMILES string of the molecule is COC(=O)/C=C(/Nc1ccc([N+](=O)[O-])c(F)c1OC(F)(F)F)C(=O)OC. The molecule has 0 fully saturated rings. The molecule has 26 heavy (non-hydrogen) atoms. The third-order valence-electron chi connectivity index (χ3n) is 2.63. The minimum absolute atomic E-state index is 0.516. The summed E-state index contributed by atoms with van der Waals surface area (Å²) in [5, 5.41) is 12.7. The number of hydrogen-bond donors (Lipinski definition) is 1. The number of nitro benzene ring substituents is 1. The highest BCUT2D eigenvalue weighted by molar-refractivity contribution is 5.99. The summed E-state index contributed by atoms with van der Waals surface area (Å²) < 4.78 is 63.6. The van der Waals surface area contributed by atoms with Gasteiger partial charge in [-0.3, -0.25) is 10.1 Å². The van der Waals surface area contributed by atoms with Crippen molar-refractivity contribution in [1.82, 2.24) is 0 Å². The Balaban J connectivity index is 3.47. The second-order valence-corrected chi connectivity index (χ2v) is 4.28. The molecule has 0 bridgehead atoms. The van der Waals surface area contributed by atoms with Gasteiger partial charge >= 0.3 is 24.0 Å². The van der Waals surface area contributed by atoms with Crippen molar-refractivity contribution >= 4 is 23.3 Å². The van der Waals surface area contributed by atoms with Gasteiger partial charge in [-0.1, -0.05) is 0 Å². The number of benzene rings is 1. The van der Waals surface area contributed by atoms with Crippen LogP contribution >= 0.6 is 0 Å². The number of methoxy groups -OCH3 is 2.